The molecule has 1 heterocycles. The van der Waals surface area contributed by atoms with Gasteiger partial charge < -0.3 is 9.84 Å². The smallest absolute Gasteiger partial charge is 0.328 e. The first kappa shape index (κ1) is 27.7. The van der Waals surface area contributed by atoms with Gasteiger partial charge >= 0.3 is 5.97 Å². The Morgan fingerprint density at radius 2 is 1.60 bits per heavy atom. The van der Waals surface area contributed by atoms with Crippen LogP contribution in [0.4, 0.5) is 0 Å². The average molecular weight is 574 g/mol. The second-order valence-corrected chi connectivity index (χ2v) is 11.3. The lowest BCUT2D eigenvalue weighted by Gasteiger charge is -2.25. The van der Waals surface area contributed by atoms with Crippen LogP contribution in [0.5, 0.6) is 5.75 Å². The number of halogens is 1. The first-order valence-corrected chi connectivity index (χ1v) is 14.8. The molecule has 0 amide bonds. The number of nitrogens with zero attached hydrogens (tertiary/aromatic N) is 1. The molecule has 1 saturated carbocycles. The number of carbonyl (C=O) groups is 1. The monoisotopic (exact) mass is 573 g/mol. The van der Waals surface area contributed by atoms with Gasteiger partial charge in [-0.05, 0) is 101 Å². The lowest BCUT2D eigenvalue weighted by molar-refractivity contribution is -0.131. The second kappa shape index (κ2) is 12.2. The van der Waals surface area contributed by atoms with Gasteiger partial charge in [-0.15, -0.1) is 0 Å². The van der Waals surface area contributed by atoms with Gasteiger partial charge in [0, 0.05) is 22.0 Å². The Morgan fingerprint density at radius 3 is 2.36 bits per heavy atom. The molecular weight excluding hydrogens is 542 g/mol. The van der Waals surface area contributed by atoms with Crippen LogP contribution >= 0.6 is 11.6 Å². The van der Waals surface area contributed by atoms with Crippen molar-refractivity contribution < 1.29 is 14.6 Å². The maximum atomic E-state index is 11.1. The fourth-order valence-electron chi connectivity index (χ4n) is 6.05. The average Bonchev–Trinajstić information content (AvgIpc) is 3.03. The number of carboxylic acid groups (broad SMARTS) is 1. The zero-order valence-corrected chi connectivity index (χ0v) is 24.3. The standard InChI is InChI=1S/C37H32ClNO3/c1-42-30-15-17-31(26-9-13-29(38)14-10-26)34(23-30)36-19-12-28-22-27(11-18-35(28)39-36)32-16-7-24(8-20-37(40)41)21-33(32)25-5-3-2-4-6-25/h7-23,25H,2-6H2,1H3,(H,40,41)/b20-8+. The molecule has 1 aliphatic carbocycles. The predicted molar refractivity (Wildman–Crippen MR) is 172 cm³/mol. The van der Waals surface area contributed by atoms with Crippen molar-refractivity contribution in [3.63, 3.8) is 0 Å². The van der Waals surface area contributed by atoms with Crippen molar-refractivity contribution in [1.29, 1.82) is 0 Å². The van der Waals surface area contributed by atoms with Crippen molar-refractivity contribution in [2.24, 2.45) is 0 Å². The summed E-state index contributed by atoms with van der Waals surface area (Å²) in [6.45, 7) is 0. The Labute approximate surface area is 251 Å². The van der Waals surface area contributed by atoms with E-state index in [-0.39, 0.29) is 0 Å². The maximum Gasteiger partial charge on any atom is 0.328 e. The van der Waals surface area contributed by atoms with E-state index in [1.54, 1.807) is 13.2 Å². The van der Waals surface area contributed by atoms with E-state index >= 15 is 0 Å². The third-order valence-electron chi connectivity index (χ3n) is 8.20. The van der Waals surface area contributed by atoms with Gasteiger partial charge in [0.05, 0.1) is 18.3 Å². The number of ether oxygens (including phenoxy) is 1. The van der Waals surface area contributed by atoms with E-state index in [2.05, 4.69) is 48.5 Å². The summed E-state index contributed by atoms with van der Waals surface area (Å²) < 4.78 is 5.55. The molecule has 0 unspecified atom stereocenters. The molecule has 4 nitrogen and oxygen atoms in total. The highest BCUT2D eigenvalue weighted by Gasteiger charge is 2.20. The zero-order valence-electron chi connectivity index (χ0n) is 23.5. The summed E-state index contributed by atoms with van der Waals surface area (Å²) in [7, 11) is 1.67. The third kappa shape index (κ3) is 5.95. The molecule has 1 aromatic heterocycles. The van der Waals surface area contributed by atoms with Gasteiger partial charge in [-0.2, -0.15) is 0 Å². The highest BCUT2D eigenvalue weighted by Crippen LogP contribution is 2.40. The number of fused-ring (bicyclic) bond motifs is 1. The Morgan fingerprint density at radius 1 is 0.833 bits per heavy atom. The van der Waals surface area contributed by atoms with E-state index in [0.29, 0.717) is 10.9 Å². The molecule has 0 atom stereocenters. The molecule has 1 fully saturated rings. The molecule has 1 N–H and O–H groups in total. The minimum atomic E-state index is -0.936. The van der Waals surface area contributed by atoms with Crippen LogP contribution in [0.25, 0.3) is 50.5 Å². The number of carboxylic acids is 1. The Bertz CT molecular complexity index is 1790. The number of benzene rings is 4. The molecule has 0 aliphatic heterocycles. The Kier molecular flexibility index (Phi) is 8.07. The molecule has 42 heavy (non-hydrogen) atoms. The number of rotatable bonds is 7. The number of hydrogen-bond donors (Lipinski definition) is 1. The normalized spacial score (nSPS) is 14.0. The minimum absolute atomic E-state index is 0.475. The summed E-state index contributed by atoms with van der Waals surface area (Å²) in [4.78, 5) is 16.2. The molecule has 1 aliphatic rings. The zero-order chi connectivity index (χ0) is 29.1. The fourth-order valence-corrected chi connectivity index (χ4v) is 6.18. The van der Waals surface area contributed by atoms with Crippen molar-refractivity contribution in [2.75, 3.05) is 7.11 Å². The van der Waals surface area contributed by atoms with Gasteiger partial charge in [-0.25, -0.2) is 9.78 Å². The van der Waals surface area contributed by atoms with Crippen molar-refractivity contribution in [2.45, 2.75) is 38.0 Å². The van der Waals surface area contributed by atoms with Crippen molar-refractivity contribution >= 4 is 34.5 Å². The number of hydrogen-bond acceptors (Lipinski definition) is 3. The van der Waals surface area contributed by atoms with Crippen molar-refractivity contribution in [3.05, 3.63) is 113 Å². The molecule has 210 valence electrons. The van der Waals surface area contributed by atoms with Crippen LogP contribution in [0.1, 0.15) is 49.1 Å². The summed E-state index contributed by atoms with van der Waals surface area (Å²) >= 11 is 6.16. The van der Waals surface area contributed by atoms with Crippen LogP contribution in [0.2, 0.25) is 5.02 Å². The minimum Gasteiger partial charge on any atom is -0.497 e. The summed E-state index contributed by atoms with van der Waals surface area (Å²) in [6, 6.07) is 30.9. The van der Waals surface area contributed by atoms with Gasteiger partial charge in [-0.3, -0.25) is 0 Å². The molecule has 4 aromatic carbocycles. The number of aromatic nitrogens is 1. The molecule has 0 spiro atoms. The third-order valence-corrected chi connectivity index (χ3v) is 8.45. The fraction of sp³-hybridized carbons (Fsp3) is 0.189. The highest BCUT2D eigenvalue weighted by atomic mass is 35.5. The SMILES string of the molecule is COc1ccc(-c2ccc(Cl)cc2)c(-c2ccc3cc(-c4ccc(/C=C/C(=O)O)cc4C4CCCCC4)ccc3n2)c1. The van der Waals surface area contributed by atoms with Crippen LogP contribution < -0.4 is 4.74 Å². The molecule has 5 heteroatoms. The Hall–Kier alpha value is -4.41. The van der Waals surface area contributed by atoms with Crippen LogP contribution in [0.3, 0.4) is 0 Å². The van der Waals surface area contributed by atoms with Crippen molar-refractivity contribution in [1.82, 2.24) is 4.98 Å². The number of aliphatic carboxylic acids is 1. The van der Waals surface area contributed by atoms with E-state index in [1.807, 2.05) is 42.5 Å². The number of pyridine rings is 1. The van der Waals surface area contributed by atoms with Crippen LogP contribution in [-0.2, 0) is 4.79 Å². The molecular formula is C37H32ClNO3. The maximum absolute atomic E-state index is 11.1. The summed E-state index contributed by atoms with van der Waals surface area (Å²) in [5.74, 6) is 0.313. The van der Waals surface area contributed by atoms with Crippen molar-refractivity contribution in [3.8, 4) is 39.3 Å². The Balaban J connectivity index is 1.40. The second-order valence-electron chi connectivity index (χ2n) is 10.9. The lowest BCUT2D eigenvalue weighted by atomic mass is 9.80. The van der Waals surface area contributed by atoms with Crippen LogP contribution in [0.15, 0.2) is 97.1 Å². The summed E-state index contributed by atoms with van der Waals surface area (Å²) in [5, 5.41) is 10.9. The molecule has 0 radical (unpaired) electrons. The largest absolute Gasteiger partial charge is 0.497 e. The first-order valence-electron chi connectivity index (χ1n) is 14.4. The van der Waals surface area contributed by atoms with Gasteiger partial charge in [0.25, 0.3) is 0 Å². The molecule has 0 saturated heterocycles. The van der Waals surface area contributed by atoms with Crippen LogP contribution in [0, 0.1) is 0 Å². The predicted octanol–water partition coefficient (Wildman–Crippen LogP) is 10.0. The van der Waals surface area contributed by atoms with E-state index in [1.165, 1.54) is 36.5 Å². The van der Waals surface area contributed by atoms with Gasteiger partial charge in [0.2, 0.25) is 0 Å². The quantitative estimate of drug-likeness (QED) is 0.197. The van der Waals surface area contributed by atoms with E-state index in [4.69, 9.17) is 26.4 Å². The van der Waals surface area contributed by atoms with Crippen LogP contribution in [-0.4, -0.2) is 23.2 Å². The molecule has 6 rings (SSSR count). The summed E-state index contributed by atoms with van der Waals surface area (Å²) in [5.41, 5.74) is 9.48. The molecule has 0 bridgehead atoms. The van der Waals surface area contributed by atoms with E-state index in [9.17, 15) is 4.79 Å². The van der Waals surface area contributed by atoms with E-state index in [0.717, 1.165) is 63.0 Å². The number of methoxy groups -OCH3 is 1. The van der Waals surface area contributed by atoms with Gasteiger partial charge in [0.1, 0.15) is 5.75 Å². The lowest BCUT2D eigenvalue weighted by Crippen LogP contribution is -2.06. The first-order chi connectivity index (χ1) is 20.5. The molecule has 5 aromatic rings. The van der Waals surface area contributed by atoms with Gasteiger partial charge in [0.15, 0.2) is 0 Å². The highest BCUT2D eigenvalue weighted by molar-refractivity contribution is 6.30. The van der Waals surface area contributed by atoms with E-state index < -0.39 is 5.97 Å². The topological polar surface area (TPSA) is 59.4 Å². The summed E-state index contributed by atoms with van der Waals surface area (Å²) in [6.07, 6.45) is 8.95. The van der Waals surface area contributed by atoms with Gasteiger partial charge in [-0.1, -0.05) is 79.4 Å².